The number of rotatable bonds is 9. The fourth-order valence-electron chi connectivity index (χ4n) is 3.59. The van der Waals surface area contributed by atoms with Crippen molar-refractivity contribution < 1.29 is 18.0 Å². The minimum atomic E-state index is -3.78. The average molecular weight is 553 g/mol. The summed E-state index contributed by atoms with van der Waals surface area (Å²) in [5.74, 6) is -0.732. The summed E-state index contributed by atoms with van der Waals surface area (Å²) >= 11 is 3.38. The molecule has 1 atom stereocenters. The molecular formula is C25H34BrN3O4S. The number of nitrogens with zero attached hydrogens (tertiary/aromatic N) is 2. The van der Waals surface area contributed by atoms with Gasteiger partial charge in [0.1, 0.15) is 12.6 Å². The van der Waals surface area contributed by atoms with Crippen LogP contribution in [-0.4, -0.2) is 49.5 Å². The van der Waals surface area contributed by atoms with Crippen LogP contribution in [0.4, 0.5) is 5.69 Å². The summed E-state index contributed by atoms with van der Waals surface area (Å²) in [6, 6.07) is 13.7. The molecule has 0 saturated heterocycles. The Balaban J connectivity index is 2.49. The Kier molecular flexibility index (Phi) is 9.30. The van der Waals surface area contributed by atoms with Crippen LogP contribution in [0.25, 0.3) is 0 Å². The Labute approximate surface area is 211 Å². The molecule has 9 heteroatoms. The van der Waals surface area contributed by atoms with Gasteiger partial charge in [0, 0.05) is 16.6 Å². The van der Waals surface area contributed by atoms with Crippen molar-refractivity contribution in [3.05, 3.63) is 64.1 Å². The van der Waals surface area contributed by atoms with Gasteiger partial charge in [-0.1, -0.05) is 43.3 Å². The van der Waals surface area contributed by atoms with Gasteiger partial charge in [0.2, 0.25) is 21.8 Å². The molecular weight excluding hydrogens is 518 g/mol. The van der Waals surface area contributed by atoms with Crippen molar-refractivity contribution in [3.63, 3.8) is 0 Å². The van der Waals surface area contributed by atoms with Crippen molar-refractivity contribution in [1.82, 2.24) is 10.2 Å². The van der Waals surface area contributed by atoms with Crippen molar-refractivity contribution in [2.45, 2.75) is 59.2 Å². The van der Waals surface area contributed by atoms with E-state index in [1.807, 2.05) is 58.9 Å². The first-order valence-corrected chi connectivity index (χ1v) is 13.8. The number of nitrogens with one attached hydrogen (secondary N) is 1. The average Bonchev–Trinajstić information content (AvgIpc) is 2.71. The SMILES string of the molecule is CC[C@H](C(=O)NC(C)(C)C)N(Cc1ccccc1C)C(=O)CN(c1ccccc1Br)S(C)(=O)=O. The van der Waals surface area contributed by atoms with Gasteiger partial charge in [0.15, 0.2) is 0 Å². The van der Waals surface area contributed by atoms with E-state index < -0.39 is 34.1 Å². The molecule has 0 spiro atoms. The first-order chi connectivity index (χ1) is 15.7. The number of hydrogen-bond acceptors (Lipinski definition) is 4. The highest BCUT2D eigenvalue weighted by atomic mass is 79.9. The van der Waals surface area contributed by atoms with E-state index in [1.165, 1.54) is 4.90 Å². The number of hydrogen-bond donors (Lipinski definition) is 1. The van der Waals surface area contributed by atoms with Crippen molar-refractivity contribution in [1.29, 1.82) is 0 Å². The smallest absolute Gasteiger partial charge is 0.244 e. The summed E-state index contributed by atoms with van der Waals surface area (Å²) in [5, 5.41) is 2.96. The molecule has 0 aliphatic rings. The highest BCUT2D eigenvalue weighted by Crippen LogP contribution is 2.28. The number of halogens is 1. The molecule has 2 aromatic carbocycles. The highest BCUT2D eigenvalue weighted by Gasteiger charge is 2.33. The Bertz CT molecular complexity index is 1130. The Morgan fingerprint density at radius 3 is 2.18 bits per heavy atom. The van der Waals surface area contributed by atoms with Crippen LogP contribution in [0.5, 0.6) is 0 Å². The summed E-state index contributed by atoms with van der Waals surface area (Å²) in [7, 11) is -3.78. The Morgan fingerprint density at radius 2 is 1.65 bits per heavy atom. The molecule has 2 aromatic rings. The molecule has 186 valence electrons. The summed E-state index contributed by atoms with van der Waals surface area (Å²) < 4.78 is 27.0. The molecule has 2 amide bonds. The number of anilines is 1. The number of sulfonamides is 1. The monoisotopic (exact) mass is 551 g/mol. The second-order valence-corrected chi connectivity index (χ2v) is 12.1. The zero-order valence-corrected chi connectivity index (χ0v) is 23.0. The second-order valence-electron chi connectivity index (χ2n) is 9.33. The molecule has 0 aliphatic carbocycles. The number of aryl methyl sites for hydroxylation is 1. The van der Waals surface area contributed by atoms with Gasteiger partial charge in [-0.3, -0.25) is 13.9 Å². The lowest BCUT2D eigenvalue weighted by Gasteiger charge is -2.35. The number of benzene rings is 2. The van der Waals surface area contributed by atoms with E-state index in [2.05, 4.69) is 21.2 Å². The maximum absolute atomic E-state index is 13.7. The van der Waals surface area contributed by atoms with Gasteiger partial charge in [-0.25, -0.2) is 8.42 Å². The van der Waals surface area contributed by atoms with Crippen LogP contribution >= 0.6 is 15.9 Å². The van der Waals surface area contributed by atoms with E-state index in [1.54, 1.807) is 24.3 Å². The molecule has 0 saturated carbocycles. The lowest BCUT2D eigenvalue weighted by molar-refractivity contribution is -0.141. The molecule has 0 bridgehead atoms. The van der Waals surface area contributed by atoms with Crippen LogP contribution < -0.4 is 9.62 Å². The zero-order chi connectivity index (χ0) is 25.7. The van der Waals surface area contributed by atoms with E-state index in [9.17, 15) is 18.0 Å². The van der Waals surface area contributed by atoms with Gasteiger partial charge in [-0.15, -0.1) is 0 Å². The summed E-state index contributed by atoms with van der Waals surface area (Å²) in [4.78, 5) is 28.4. The molecule has 2 rings (SSSR count). The lowest BCUT2D eigenvalue weighted by Crippen LogP contribution is -2.55. The third-order valence-corrected chi connectivity index (χ3v) is 7.08. The third-order valence-electron chi connectivity index (χ3n) is 5.29. The molecule has 0 aromatic heterocycles. The van der Waals surface area contributed by atoms with Crippen molar-refractivity contribution in [2.24, 2.45) is 0 Å². The topological polar surface area (TPSA) is 86.8 Å². The fourth-order valence-corrected chi connectivity index (χ4v) is 5.07. The molecule has 0 radical (unpaired) electrons. The number of amides is 2. The lowest BCUT2D eigenvalue weighted by atomic mass is 10.0. The van der Waals surface area contributed by atoms with Gasteiger partial charge >= 0.3 is 0 Å². The minimum absolute atomic E-state index is 0.190. The molecule has 1 N–H and O–H groups in total. The van der Waals surface area contributed by atoms with E-state index in [0.717, 1.165) is 21.7 Å². The predicted molar refractivity (Wildman–Crippen MR) is 140 cm³/mol. The van der Waals surface area contributed by atoms with Gasteiger partial charge in [0.05, 0.1) is 11.9 Å². The van der Waals surface area contributed by atoms with E-state index in [4.69, 9.17) is 0 Å². The first kappa shape index (κ1) is 27.9. The van der Waals surface area contributed by atoms with Crippen LogP contribution in [0.1, 0.15) is 45.2 Å². The largest absolute Gasteiger partial charge is 0.350 e. The molecule has 0 fully saturated rings. The van der Waals surface area contributed by atoms with Crippen LogP contribution in [0.15, 0.2) is 53.0 Å². The zero-order valence-electron chi connectivity index (χ0n) is 20.6. The van der Waals surface area contributed by atoms with Gasteiger partial charge in [-0.05, 0) is 73.3 Å². The highest BCUT2D eigenvalue weighted by molar-refractivity contribution is 9.10. The summed E-state index contributed by atoms with van der Waals surface area (Å²) in [6.45, 7) is 9.18. The van der Waals surface area contributed by atoms with E-state index >= 15 is 0 Å². The fraction of sp³-hybridized carbons (Fsp3) is 0.440. The standard InChI is InChI=1S/C25H34BrN3O4S/c1-7-21(24(31)27-25(3,4)5)28(16-19-13-9-8-12-18(19)2)23(30)17-29(34(6,32)33)22-15-11-10-14-20(22)26/h8-15,21H,7,16-17H2,1-6H3,(H,27,31)/t21-/m1/s1. The molecule has 0 aliphatic heterocycles. The maximum Gasteiger partial charge on any atom is 0.244 e. The third kappa shape index (κ3) is 7.56. The van der Waals surface area contributed by atoms with Gasteiger partial charge in [-0.2, -0.15) is 0 Å². The van der Waals surface area contributed by atoms with Crippen LogP contribution in [0.3, 0.4) is 0 Å². The van der Waals surface area contributed by atoms with Gasteiger partial charge < -0.3 is 10.2 Å². The molecule has 0 heterocycles. The second kappa shape index (κ2) is 11.4. The van der Waals surface area contributed by atoms with Gasteiger partial charge in [0.25, 0.3) is 0 Å². The summed E-state index contributed by atoms with van der Waals surface area (Å²) in [6.07, 6.45) is 1.45. The maximum atomic E-state index is 13.7. The first-order valence-electron chi connectivity index (χ1n) is 11.1. The summed E-state index contributed by atoms with van der Waals surface area (Å²) in [5.41, 5.74) is 1.76. The van der Waals surface area contributed by atoms with Crippen molar-refractivity contribution in [2.75, 3.05) is 17.1 Å². The van der Waals surface area contributed by atoms with Crippen LogP contribution in [0.2, 0.25) is 0 Å². The minimum Gasteiger partial charge on any atom is -0.350 e. The molecule has 7 nitrogen and oxygen atoms in total. The van der Waals surface area contributed by atoms with Crippen molar-refractivity contribution in [3.8, 4) is 0 Å². The number of carbonyl (C=O) groups is 2. The Morgan fingerprint density at radius 1 is 1.06 bits per heavy atom. The predicted octanol–water partition coefficient (Wildman–Crippen LogP) is 4.25. The molecule has 34 heavy (non-hydrogen) atoms. The van der Waals surface area contributed by atoms with E-state index in [-0.39, 0.29) is 12.5 Å². The van der Waals surface area contributed by atoms with Crippen LogP contribution in [0, 0.1) is 6.92 Å². The molecule has 0 unspecified atom stereocenters. The number of carbonyl (C=O) groups excluding carboxylic acids is 2. The van der Waals surface area contributed by atoms with E-state index in [0.29, 0.717) is 16.6 Å². The van der Waals surface area contributed by atoms with Crippen molar-refractivity contribution >= 4 is 43.5 Å². The van der Waals surface area contributed by atoms with Crippen LogP contribution in [-0.2, 0) is 26.2 Å². The number of para-hydroxylation sites is 1. The normalized spacial score (nSPS) is 12.7. The Hall–Kier alpha value is -2.39. The quantitative estimate of drug-likeness (QED) is 0.504.